The Bertz CT molecular complexity index is 136. The molecule has 0 bridgehead atoms. The minimum absolute atomic E-state index is 0.721. The summed E-state index contributed by atoms with van der Waals surface area (Å²) < 4.78 is 0. The van der Waals surface area contributed by atoms with Gasteiger partial charge in [-0.05, 0) is 40.5 Å². The summed E-state index contributed by atoms with van der Waals surface area (Å²) in [5.74, 6) is 0. The largest absolute Gasteiger partial charge is 0.311 e. The van der Waals surface area contributed by atoms with E-state index in [1.807, 2.05) is 0 Å². The Hall–Kier alpha value is -0.120. The first-order valence-electron chi connectivity index (χ1n) is 5.25. The van der Waals surface area contributed by atoms with Crippen LogP contribution in [0.15, 0.2) is 0 Å². The molecule has 0 aromatic heterocycles. The van der Waals surface area contributed by atoms with Crippen molar-refractivity contribution in [2.24, 2.45) is 0 Å². The molecule has 0 amide bonds. The van der Waals surface area contributed by atoms with Gasteiger partial charge < -0.3 is 15.1 Å². The van der Waals surface area contributed by atoms with E-state index in [-0.39, 0.29) is 0 Å². The van der Waals surface area contributed by atoms with Crippen molar-refractivity contribution in [2.45, 2.75) is 18.9 Å². The van der Waals surface area contributed by atoms with Gasteiger partial charge in [0.15, 0.2) is 0 Å². The lowest BCUT2D eigenvalue weighted by atomic mass is 10.1. The lowest BCUT2D eigenvalue weighted by molar-refractivity contribution is 0.226. The molecule has 0 radical (unpaired) electrons. The van der Waals surface area contributed by atoms with E-state index in [4.69, 9.17) is 0 Å². The van der Waals surface area contributed by atoms with Gasteiger partial charge in [0.25, 0.3) is 0 Å². The van der Waals surface area contributed by atoms with Crippen molar-refractivity contribution in [3.8, 4) is 0 Å². The average molecular weight is 185 g/mol. The van der Waals surface area contributed by atoms with Crippen molar-refractivity contribution < 1.29 is 0 Å². The lowest BCUT2D eigenvalue weighted by Crippen LogP contribution is -2.49. The standard InChI is InChI=1S/C10H23N3/c1-12(2)7-4-5-10-9-13(3)8-6-11-10/h10-11H,4-9H2,1-3H3. The Morgan fingerprint density at radius 1 is 1.46 bits per heavy atom. The number of rotatable bonds is 4. The molecule has 13 heavy (non-hydrogen) atoms. The van der Waals surface area contributed by atoms with Crippen molar-refractivity contribution in [3.05, 3.63) is 0 Å². The molecular weight excluding hydrogens is 162 g/mol. The molecule has 3 nitrogen and oxygen atoms in total. The van der Waals surface area contributed by atoms with Gasteiger partial charge in [0, 0.05) is 25.7 Å². The van der Waals surface area contributed by atoms with Crippen LogP contribution in [-0.4, -0.2) is 63.2 Å². The highest BCUT2D eigenvalue weighted by Gasteiger charge is 2.15. The zero-order valence-electron chi connectivity index (χ0n) is 9.21. The van der Waals surface area contributed by atoms with Gasteiger partial charge in [0.05, 0.1) is 0 Å². The minimum atomic E-state index is 0.721. The molecule has 0 aliphatic carbocycles. The maximum Gasteiger partial charge on any atom is 0.0195 e. The van der Waals surface area contributed by atoms with Crippen LogP contribution in [0.25, 0.3) is 0 Å². The zero-order valence-corrected chi connectivity index (χ0v) is 9.21. The van der Waals surface area contributed by atoms with Crippen LogP contribution < -0.4 is 5.32 Å². The number of nitrogens with zero attached hydrogens (tertiary/aromatic N) is 2. The van der Waals surface area contributed by atoms with Gasteiger partial charge in [-0.25, -0.2) is 0 Å². The molecule has 0 aromatic rings. The molecule has 1 atom stereocenters. The number of likely N-dealkylation sites (N-methyl/N-ethyl adjacent to an activating group) is 1. The monoisotopic (exact) mass is 185 g/mol. The quantitative estimate of drug-likeness (QED) is 0.676. The molecule has 1 aliphatic heterocycles. The van der Waals surface area contributed by atoms with Crippen molar-refractivity contribution >= 4 is 0 Å². The van der Waals surface area contributed by atoms with E-state index in [0.717, 1.165) is 12.6 Å². The van der Waals surface area contributed by atoms with Crippen molar-refractivity contribution in [3.63, 3.8) is 0 Å². The fourth-order valence-electron chi connectivity index (χ4n) is 1.84. The third kappa shape index (κ3) is 4.60. The number of hydrogen-bond donors (Lipinski definition) is 1. The highest BCUT2D eigenvalue weighted by Crippen LogP contribution is 2.03. The normalized spacial score (nSPS) is 25.4. The summed E-state index contributed by atoms with van der Waals surface area (Å²) in [5.41, 5.74) is 0. The number of piperazine rings is 1. The highest BCUT2D eigenvalue weighted by atomic mass is 15.2. The molecule has 78 valence electrons. The molecule has 0 aromatic carbocycles. The van der Waals surface area contributed by atoms with Crippen molar-refractivity contribution in [1.82, 2.24) is 15.1 Å². The highest BCUT2D eigenvalue weighted by molar-refractivity contribution is 4.76. The summed E-state index contributed by atoms with van der Waals surface area (Å²) in [6.07, 6.45) is 2.61. The molecule has 0 saturated carbocycles. The van der Waals surface area contributed by atoms with Crippen LogP contribution in [0, 0.1) is 0 Å². The van der Waals surface area contributed by atoms with Gasteiger partial charge in [-0.3, -0.25) is 0 Å². The van der Waals surface area contributed by atoms with E-state index in [1.54, 1.807) is 0 Å². The summed E-state index contributed by atoms with van der Waals surface area (Å²) >= 11 is 0. The van der Waals surface area contributed by atoms with E-state index in [9.17, 15) is 0 Å². The zero-order chi connectivity index (χ0) is 9.68. The first-order chi connectivity index (χ1) is 6.18. The Morgan fingerprint density at radius 3 is 2.85 bits per heavy atom. The Morgan fingerprint density at radius 2 is 2.23 bits per heavy atom. The first-order valence-corrected chi connectivity index (χ1v) is 5.25. The smallest absolute Gasteiger partial charge is 0.0195 e. The molecule has 1 aliphatic rings. The van der Waals surface area contributed by atoms with Gasteiger partial charge in [0.1, 0.15) is 0 Å². The van der Waals surface area contributed by atoms with Gasteiger partial charge in [0.2, 0.25) is 0 Å². The number of hydrogen-bond acceptors (Lipinski definition) is 3. The van der Waals surface area contributed by atoms with E-state index < -0.39 is 0 Å². The molecule has 1 rings (SSSR count). The third-order valence-corrected chi connectivity index (χ3v) is 2.62. The predicted molar refractivity (Wildman–Crippen MR) is 57.1 cm³/mol. The third-order valence-electron chi connectivity index (χ3n) is 2.62. The maximum atomic E-state index is 3.56. The molecular formula is C10H23N3. The van der Waals surface area contributed by atoms with Crippen LogP contribution in [0.2, 0.25) is 0 Å². The van der Waals surface area contributed by atoms with E-state index in [0.29, 0.717) is 0 Å². The van der Waals surface area contributed by atoms with E-state index in [1.165, 1.54) is 32.5 Å². The summed E-state index contributed by atoms with van der Waals surface area (Å²) in [4.78, 5) is 4.67. The SMILES string of the molecule is CN(C)CCCC1CN(C)CCN1. The Labute approximate surface area is 82.1 Å². The molecule has 1 N–H and O–H groups in total. The maximum absolute atomic E-state index is 3.56. The van der Waals surface area contributed by atoms with Crippen LogP contribution in [0.4, 0.5) is 0 Å². The van der Waals surface area contributed by atoms with Gasteiger partial charge in [-0.1, -0.05) is 0 Å². The van der Waals surface area contributed by atoms with Crippen LogP contribution in [-0.2, 0) is 0 Å². The lowest BCUT2D eigenvalue weighted by Gasteiger charge is -2.31. The molecule has 1 saturated heterocycles. The average Bonchev–Trinajstić information content (AvgIpc) is 2.03. The summed E-state index contributed by atoms with van der Waals surface area (Å²) in [6.45, 7) is 4.78. The van der Waals surface area contributed by atoms with Crippen molar-refractivity contribution in [2.75, 3.05) is 47.3 Å². The Balaban J connectivity index is 2.06. The second-order valence-electron chi connectivity index (χ2n) is 4.36. The fraction of sp³-hybridized carbons (Fsp3) is 1.00. The Kier molecular flexibility index (Phi) is 4.70. The summed E-state index contributed by atoms with van der Waals surface area (Å²) in [6, 6.07) is 0.721. The second kappa shape index (κ2) is 5.58. The molecule has 1 fully saturated rings. The second-order valence-corrected chi connectivity index (χ2v) is 4.36. The van der Waals surface area contributed by atoms with Crippen LogP contribution >= 0.6 is 0 Å². The molecule has 1 heterocycles. The van der Waals surface area contributed by atoms with Crippen LogP contribution in [0.5, 0.6) is 0 Å². The summed E-state index contributed by atoms with van der Waals surface area (Å²) in [7, 11) is 6.49. The van der Waals surface area contributed by atoms with Crippen molar-refractivity contribution in [1.29, 1.82) is 0 Å². The molecule has 3 heteroatoms. The van der Waals surface area contributed by atoms with E-state index in [2.05, 4.69) is 36.3 Å². The molecule has 1 unspecified atom stereocenters. The minimum Gasteiger partial charge on any atom is -0.311 e. The summed E-state index contributed by atoms with van der Waals surface area (Å²) in [5, 5.41) is 3.56. The topological polar surface area (TPSA) is 18.5 Å². The predicted octanol–water partition coefficient (Wildman–Crippen LogP) is 0.232. The van der Waals surface area contributed by atoms with E-state index >= 15 is 0 Å². The molecule has 0 spiro atoms. The van der Waals surface area contributed by atoms with Crippen LogP contribution in [0.3, 0.4) is 0 Å². The van der Waals surface area contributed by atoms with Gasteiger partial charge in [-0.2, -0.15) is 0 Å². The van der Waals surface area contributed by atoms with Gasteiger partial charge in [-0.15, -0.1) is 0 Å². The number of nitrogens with one attached hydrogen (secondary N) is 1. The first kappa shape index (κ1) is 11.0. The fourth-order valence-corrected chi connectivity index (χ4v) is 1.84. The van der Waals surface area contributed by atoms with Gasteiger partial charge >= 0.3 is 0 Å². The van der Waals surface area contributed by atoms with Crippen LogP contribution in [0.1, 0.15) is 12.8 Å².